The lowest BCUT2D eigenvalue weighted by Gasteiger charge is -2.14. The fraction of sp³-hybridized carbons (Fsp3) is 0.269. The number of urea groups is 1. The topological polar surface area (TPSA) is 90.3 Å². The summed E-state index contributed by atoms with van der Waals surface area (Å²) in [5.74, 6) is -2.29. The molecule has 1 aliphatic heterocycles. The number of carbonyl (C=O) groups excluding carboxylic acids is 1. The predicted octanol–water partition coefficient (Wildman–Crippen LogP) is 4.64. The van der Waals surface area contributed by atoms with E-state index in [9.17, 15) is 18.8 Å². The highest BCUT2D eigenvalue weighted by molar-refractivity contribution is 5.76. The van der Waals surface area contributed by atoms with Gasteiger partial charge in [0.25, 0.3) is 5.92 Å². The molecule has 2 aromatic carbocycles. The van der Waals surface area contributed by atoms with Gasteiger partial charge in [-0.2, -0.15) is 5.26 Å². The van der Waals surface area contributed by atoms with Gasteiger partial charge in [-0.3, -0.25) is 4.98 Å². The Labute approximate surface area is 202 Å². The first-order valence-electron chi connectivity index (χ1n) is 11.2. The van der Waals surface area contributed by atoms with E-state index < -0.39 is 5.92 Å². The van der Waals surface area contributed by atoms with Gasteiger partial charge in [-0.05, 0) is 54.6 Å². The molecule has 2 N–H and O–H groups in total. The van der Waals surface area contributed by atoms with Crippen molar-refractivity contribution >= 4 is 6.03 Å². The van der Waals surface area contributed by atoms with Crippen LogP contribution < -0.4 is 15.4 Å². The number of rotatable bonds is 9. The summed E-state index contributed by atoms with van der Waals surface area (Å²) in [4.78, 5) is 18.0. The van der Waals surface area contributed by atoms with Crippen molar-refractivity contribution in [3.63, 3.8) is 0 Å². The second-order valence-electron chi connectivity index (χ2n) is 8.24. The number of carbonyl (C=O) groups is 1. The Morgan fingerprint density at radius 3 is 2.63 bits per heavy atom. The molecule has 2 amide bonds. The lowest BCUT2D eigenvalue weighted by Crippen LogP contribution is -2.34. The van der Waals surface area contributed by atoms with Gasteiger partial charge >= 0.3 is 6.03 Å². The van der Waals surface area contributed by atoms with Crippen LogP contribution in [0, 0.1) is 11.3 Å². The Morgan fingerprint density at radius 1 is 1.17 bits per heavy atom. The van der Waals surface area contributed by atoms with E-state index in [1.54, 1.807) is 23.1 Å². The van der Waals surface area contributed by atoms with Crippen molar-refractivity contribution in [2.45, 2.75) is 19.4 Å². The van der Waals surface area contributed by atoms with Crippen LogP contribution in [0.15, 0.2) is 60.7 Å². The number of alkyl halides is 2. The molecule has 1 saturated heterocycles. The van der Waals surface area contributed by atoms with E-state index in [4.69, 9.17) is 9.72 Å². The minimum Gasteiger partial charge on any atom is -0.457 e. The van der Waals surface area contributed by atoms with Gasteiger partial charge in [-0.25, -0.2) is 13.6 Å². The molecule has 0 saturated carbocycles. The summed E-state index contributed by atoms with van der Waals surface area (Å²) in [6, 6.07) is 18.8. The van der Waals surface area contributed by atoms with E-state index in [0.717, 1.165) is 30.4 Å². The third-order valence-corrected chi connectivity index (χ3v) is 5.59. The molecule has 0 bridgehead atoms. The van der Waals surface area contributed by atoms with E-state index in [0.29, 0.717) is 37.7 Å². The number of benzene rings is 2. The zero-order chi connectivity index (χ0) is 24.8. The number of nitrogens with one attached hydrogen (secondary N) is 2. The minimum absolute atomic E-state index is 0.0237. The summed E-state index contributed by atoms with van der Waals surface area (Å²) < 4.78 is 33.0. The second kappa shape index (κ2) is 10.5. The first-order valence-corrected chi connectivity index (χ1v) is 11.2. The van der Waals surface area contributed by atoms with Crippen LogP contribution in [-0.2, 0) is 12.5 Å². The molecule has 1 aromatic heterocycles. The van der Waals surface area contributed by atoms with Crippen molar-refractivity contribution < 1.29 is 18.3 Å². The first kappa shape index (κ1) is 24.1. The fourth-order valence-electron chi connectivity index (χ4n) is 3.79. The van der Waals surface area contributed by atoms with E-state index in [2.05, 4.69) is 10.6 Å². The standard InChI is InChI=1S/C26H25F2N5O2/c1-26(27,28)23-10-9-22(15-19(23)16-29)35-21-7-5-18(6-8-21)24-4-2-3-20(32-24)17-30-11-13-33-14-12-31-25(33)34/h2-10,15,30H,11-14,17H2,1H3,(H,31,34). The predicted molar refractivity (Wildman–Crippen MR) is 127 cm³/mol. The quantitative estimate of drug-likeness (QED) is 0.438. The number of amides is 2. The van der Waals surface area contributed by atoms with Crippen LogP contribution in [0.25, 0.3) is 11.3 Å². The molecule has 2 heterocycles. The third kappa shape index (κ3) is 6.11. The van der Waals surface area contributed by atoms with Crippen molar-refractivity contribution in [1.29, 1.82) is 5.26 Å². The van der Waals surface area contributed by atoms with Crippen molar-refractivity contribution in [2.75, 3.05) is 26.2 Å². The number of aromatic nitrogens is 1. The number of pyridine rings is 1. The average Bonchev–Trinajstić information content (AvgIpc) is 3.26. The normalized spacial score (nSPS) is 13.4. The highest BCUT2D eigenvalue weighted by Gasteiger charge is 2.28. The second-order valence-corrected chi connectivity index (χ2v) is 8.24. The number of halogens is 2. The Morgan fingerprint density at radius 2 is 1.94 bits per heavy atom. The summed E-state index contributed by atoms with van der Waals surface area (Å²) >= 11 is 0. The van der Waals surface area contributed by atoms with Crippen LogP contribution >= 0.6 is 0 Å². The monoisotopic (exact) mass is 477 g/mol. The van der Waals surface area contributed by atoms with Crippen LogP contribution in [0.2, 0.25) is 0 Å². The van der Waals surface area contributed by atoms with E-state index in [1.807, 2.05) is 30.3 Å². The average molecular weight is 478 g/mol. The molecule has 0 spiro atoms. The van der Waals surface area contributed by atoms with Gasteiger partial charge in [0.2, 0.25) is 0 Å². The summed E-state index contributed by atoms with van der Waals surface area (Å²) in [6.45, 7) is 4.08. The number of hydrogen-bond acceptors (Lipinski definition) is 5. The van der Waals surface area contributed by atoms with Crippen molar-refractivity contribution in [1.82, 2.24) is 20.5 Å². The molecule has 1 fully saturated rings. The summed E-state index contributed by atoms with van der Waals surface area (Å²) in [5.41, 5.74) is 2.13. The molecule has 35 heavy (non-hydrogen) atoms. The van der Waals surface area contributed by atoms with Gasteiger partial charge in [-0.15, -0.1) is 0 Å². The number of ether oxygens (including phenoxy) is 1. The molecule has 0 atom stereocenters. The highest BCUT2D eigenvalue weighted by atomic mass is 19.3. The van der Waals surface area contributed by atoms with Gasteiger partial charge in [0, 0.05) is 50.8 Å². The molecule has 1 aliphatic rings. The molecule has 0 aliphatic carbocycles. The highest BCUT2D eigenvalue weighted by Crippen LogP contribution is 2.33. The number of hydrogen-bond donors (Lipinski definition) is 2. The lowest BCUT2D eigenvalue weighted by molar-refractivity contribution is 0.0171. The minimum atomic E-state index is -3.10. The van der Waals surface area contributed by atoms with Crippen molar-refractivity contribution in [3.8, 4) is 28.8 Å². The molecule has 7 nitrogen and oxygen atoms in total. The van der Waals surface area contributed by atoms with E-state index >= 15 is 0 Å². The molecular weight excluding hydrogens is 452 g/mol. The molecule has 0 radical (unpaired) electrons. The third-order valence-electron chi connectivity index (χ3n) is 5.59. The smallest absolute Gasteiger partial charge is 0.317 e. The molecule has 9 heteroatoms. The zero-order valence-electron chi connectivity index (χ0n) is 19.2. The molecule has 0 unspecified atom stereocenters. The molecule has 3 aromatic rings. The van der Waals surface area contributed by atoms with Crippen LogP contribution in [0.4, 0.5) is 13.6 Å². The van der Waals surface area contributed by atoms with Crippen LogP contribution in [0.5, 0.6) is 11.5 Å². The molecular formula is C26H25F2N5O2. The Bertz CT molecular complexity index is 1240. The summed E-state index contributed by atoms with van der Waals surface area (Å²) in [6.07, 6.45) is 0. The lowest BCUT2D eigenvalue weighted by atomic mass is 10.0. The molecule has 180 valence electrons. The summed E-state index contributed by atoms with van der Waals surface area (Å²) in [7, 11) is 0. The number of nitrogens with zero attached hydrogens (tertiary/aromatic N) is 3. The number of nitriles is 1. The maximum absolute atomic E-state index is 13.6. The van der Waals surface area contributed by atoms with Crippen LogP contribution in [-0.4, -0.2) is 42.1 Å². The first-order chi connectivity index (χ1) is 16.8. The largest absolute Gasteiger partial charge is 0.457 e. The Hall–Kier alpha value is -4.03. The van der Waals surface area contributed by atoms with Gasteiger partial charge < -0.3 is 20.3 Å². The van der Waals surface area contributed by atoms with Crippen molar-refractivity contribution in [2.24, 2.45) is 0 Å². The van der Waals surface area contributed by atoms with Gasteiger partial charge in [0.15, 0.2) is 0 Å². The van der Waals surface area contributed by atoms with E-state index in [1.165, 1.54) is 18.2 Å². The maximum Gasteiger partial charge on any atom is 0.317 e. The van der Waals surface area contributed by atoms with Gasteiger partial charge in [-0.1, -0.05) is 6.07 Å². The van der Waals surface area contributed by atoms with E-state index in [-0.39, 0.29) is 17.2 Å². The Kier molecular flexibility index (Phi) is 7.22. The zero-order valence-corrected chi connectivity index (χ0v) is 19.2. The van der Waals surface area contributed by atoms with Crippen LogP contribution in [0.3, 0.4) is 0 Å². The van der Waals surface area contributed by atoms with Gasteiger partial charge in [0.05, 0.1) is 23.0 Å². The summed E-state index contributed by atoms with van der Waals surface area (Å²) in [5, 5.41) is 15.3. The Balaban J connectivity index is 1.36. The van der Waals surface area contributed by atoms with Gasteiger partial charge in [0.1, 0.15) is 11.5 Å². The maximum atomic E-state index is 13.6. The SMILES string of the molecule is CC(F)(F)c1ccc(Oc2ccc(-c3cccc(CNCCN4CCNC4=O)n3)cc2)cc1C#N. The van der Waals surface area contributed by atoms with Crippen molar-refractivity contribution in [3.05, 3.63) is 77.5 Å². The van der Waals surface area contributed by atoms with Crippen LogP contribution in [0.1, 0.15) is 23.7 Å². The fourth-order valence-corrected chi connectivity index (χ4v) is 3.79. The molecule has 4 rings (SSSR count).